The molecule has 1 amide bonds. The molecule has 0 aliphatic carbocycles. The maximum Gasteiger partial charge on any atom is 1.00 e. The summed E-state index contributed by atoms with van der Waals surface area (Å²) >= 11 is 3.61. The van der Waals surface area contributed by atoms with Gasteiger partial charge in [0.2, 0.25) is 5.91 Å². The molecule has 2 N–H and O–H groups in total. The molecule has 7 heteroatoms. The molecule has 0 rings (SSSR count). The Hall–Kier alpha value is 0.250. The van der Waals surface area contributed by atoms with E-state index in [9.17, 15) is 14.7 Å². The maximum atomic E-state index is 10.6. The molecule has 0 aromatic heterocycles. The molecule has 66 valence electrons. The van der Waals surface area contributed by atoms with E-state index in [1.54, 1.807) is 6.92 Å². The zero-order chi connectivity index (χ0) is 8.15. The predicted molar refractivity (Wildman–Crippen MR) is 39.6 cm³/mol. The Labute approximate surface area is 98.3 Å². The minimum absolute atomic E-state index is 0. The largest absolute Gasteiger partial charge is 1.00 e. The van der Waals surface area contributed by atoms with Crippen molar-refractivity contribution in [3.63, 3.8) is 0 Å². The van der Waals surface area contributed by atoms with E-state index in [2.05, 4.69) is 12.8 Å². The summed E-state index contributed by atoms with van der Waals surface area (Å²) in [5.41, 5.74) is 0. The average molecular weight is 203 g/mol. The summed E-state index contributed by atoms with van der Waals surface area (Å²) in [6.45, 7) is 1.16. The zero-order valence-corrected chi connectivity index (χ0v) is 9.93. The second-order valence-corrected chi connectivity index (χ2v) is 2.16. The number of rotatable bonds is 3. The number of carboxylic acids is 1. The van der Waals surface area contributed by atoms with E-state index in [0.29, 0.717) is 0 Å². The monoisotopic (exact) mass is 203 g/mol. The van der Waals surface area contributed by atoms with Gasteiger partial charge in [0, 0.05) is 6.42 Å². The summed E-state index contributed by atoms with van der Waals surface area (Å²) in [6.07, 6.45) is 0.247. The molecule has 0 spiro atoms. The fourth-order valence-corrected chi connectivity index (χ4v) is 0.650. The van der Waals surface area contributed by atoms with Crippen LogP contribution in [0.15, 0.2) is 0 Å². The van der Waals surface area contributed by atoms with Gasteiger partial charge in [-0.2, -0.15) is 0 Å². The van der Waals surface area contributed by atoms with Gasteiger partial charge in [-0.3, -0.25) is 9.10 Å². The van der Waals surface area contributed by atoms with Gasteiger partial charge in [-0.15, -0.1) is 0 Å². The SMILES string of the molecule is CCC(=O)N(S)CC(=O)[O-].O.[Na+]. The molecule has 0 unspecified atom stereocenters. The van der Waals surface area contributed by atoms with Crippen LogP contribution in [-0.4, -0.2) is 28.2 Å². The van der Waals surface area contributed by atoms with Gasteiger partial charge in [0.15, 0.2) is 0 Å². The van der Waals surface area contributed by atoms with Gasteiger partial charge in [0.25, 0.3) is 0 Å². The first kappa shape index (κ1) is 18.1. The van der Waals surface area contributed by atoms with Gasteiger partial charge >= 0.3 is 29.6 Å². The van der Waals surface area contributed by atoms with E-state index in [1.807, 2.05) is 0 Å². The number of hydrogen-bond donors (Lipinski definition) is 1. The van der Waals surface area contributed by atoms with Crippen LogP contribution in [0.5, 0.6) is 0 Å². The van der Waals surface area contributed by atoms with Gasteiger partial charge in [0.1, 0.15) is 0 Å². The molecule has 0 bridgehead atoms. The molecule has 0 aliphatic heterocycles. The van der Waals surface area contributed by atoms with Crippen LogP contribution in [-0.2, 0) is 9.59 Å². The van der Waals surface area contributed by atoms with E-state index in [0.717, 1.165) is 4.31 Å². The Morgan fingerprint density at radius 3 is 2.17 bits per heavy atom. The quantitative estimate of drug-likeness (QED) is 0.367. The molecule has 0 heterocycles. The molecule has 5 nitrogen and oxygen atoms in total. The first-order valence-electron chi connectivity index (χ1n) is 2.77. The van der Waals surface area contributed by atoms with Crippen molar-refractivity contribution in [1.82, 2.24) is 4.31 Å². The fraction of sp³-hybridized carbons (Fsp3) is 0.600. The van der Waals surface area contributed by atoms with Crippen molar-refractivity contribution < 1.29 is 49.7 Å². The van der Waals surface area contributed by atoms with Gasteiger partial charge in [-0.05, 0) is 0 Å². The van der Waals surface area contributed by atoms with Crippen LogP contribution < -0.4 is 34.7 Å². The van der Waals surface area contributed by atoms with Crippen LogP contribution in [0, 0.1) is 0 Å². The third-order valence-corrected chi connectivity index (χ3v) is 1.23. The van der Waals surface area contributed by atoms with E-state index in [1.165, 1.54) is 0 Å². The molecule has 0 saturated carbocycles. The van der Waals surface area contributed by atoms with Crippen LogP contribution in [0.4, 0.5) is 0 Å². The molecule has 0 aromatic rings. The number of carboxylic acid groups (broad SMARTS) is 1. The van der Waals surface area contributed by atoms with Gasteiger partial charge in [-0.1, -0.05) is 19.7 Å². The van der Waals surface area contributed by atoms with Crippen molar-refractivity contribution in [2.24, 2.45) is 0 Å². The molecule has 0 atom stereocenters. The third-order valence-electron chi connectivity index (χ3n) is 0.869. The van der Waals surface area contributed by atoms with Crippen molar-refractivity contribution in [2.75, 3.05) is 6.54 Å². The second kappa shape index (κ2) is 9.34. The topological polar surface area (TPSA) is 91.9 Å². The summed E-state index contributed by atoms with van der Waals surface area (Å²) < 4.78 is 0.815. The first-order chi connectivity index (χ1) is 4.57. The molecular weight excluding hydrogens is 193 g/mol. The van der Waals surface area contributed by atoms with Crippen LogP contribution in [0.25, 0.3) is 0 Å². The maximum absolute atomic E-state index is 10.6. The smallest absolute Gasteiger partial charge is 0.548 e. The summed E-state index contributed by atoms with van der Waals surface area (Å²) in [4.78, 5) is 20.5. The molecule has 0 radical (unpaired) electrons. The number of nitrogens with zero attached hydrogens (tertiary/aromatic N) is 1. The minimum Gasteiger partial charge on any atom is -0.548 e. The number of hydrogen-bond acceptors (Lipinski definition) is 4. The van der Waals surface area contributed by atoms with Gasteiger partial charge < -0.3 is 15.4 Å². The van der Waals surface area contributed by atoms with Crippen LogP contribution in [0.1, 0.15) is 13.3 Å². The van der Waals surface area contributed by atoms with E-state index < -0.39 is 12.5 Å². The van der Waals surface area contributed by atoms with E-state index >= 15 is 0 Å². The van der Waals surface area contributed by atoms with E-state index in [-0.39, 0.29) is 47.4 Å². The Balaban J connectivity index is -0.000000405. The summed E-state index contributed by atoms with van der Waals surface area (Å²) in [5.74, 6) is -1.63. The van der Waals surface area contributed by atoms with Crippen molar-refractivity contribution in [1.29, 1.82) is 0 Å². The minimum atomic E-state index is -1.31. The van der Waals surface area contributed by atoms with Crippen LogP contribution >= 0.6 is 12.8 Å². The van der Waals surface area contributed by atoms with Crippen molar-refractivity contribution in [3.8, 4) is 0 Å². The molecule has 0 aliphatic rings. The molecule has 12 heavy (non-hydrogen) atoms. The number of thiol groups is 1. The standard InChI is InChI=1S/C5H9NO3S.Na.H2O/c1-2-4(7)6(10)3-5(8)9;;/h10H,2-3H2,1H3,(H,8,9);;1H2/q;+1;/p-1. The van der Waals surface area contributed by atoms with Gasteiger partial charge in [-0.25, -0.2) is 0 Å². The van der Waals surface area contributed by atoms with E-state index in [4.69, 9.17) is 0 Å². The van der Waals surface area contributed by atoms with Crippen molar-refractivity contribution in [2.45, 2.75) is 13.3 Å². The molecule has 0 fully saturated rings. The zero-order valence-electron chi connectivity index (χ0n) is 7.03. The number of amides is 1. The van der Waals surface area contributed by atoms with Crippen LogP contribution in [0.3, 0.4) is 0 Å². The predicted octanol–water partition coefficient (Wildman–Crippen LogP) is -5.00. The van der Waals surface area contributed by atoms with Gasteiger partial charge in [0.05, 0.1) is 12.5 Å². The Morgan fingerprint density at radius 2 is 1.92 bits per heavy atom. The summed E-state index contributed by atoms with van der Waals surface area (Å²) in [5, 5.41) is 9.88. The van der Waals surface area contributed by atoms with Crippen molar-refractivity contribution >= 4 is 24.7 Å². The number of aliphatic carboxylic acids is 1. The first-order valence-corrected chi connectivity index (χ1v) is 3.17. The second-order valence-electron chi connectivity index (χ2n) is 1.68. The fourth-order valence-electron chi connectivity index (χ4n) is 0.393. The molecule has 0 aromatic carbocycles. The summed E-state index contributed by atoms with van der Waals surface area (Å²) in [7, 11) is 0. The Kier molecular flexibility index (Phi) is 14.1. The average Bonchev–Trinajstić information content (AvgIpc) is 1.85. The summed E-state index contributed by atoms with van der Waals surface area (Å²) in [6, 6.07) is 0. The molecule has 0 saturated heterocycles. The Morgan fingerprint density at radius 1 is 1.50 bits per heavy atom. The van der Waals surface area contributed by atoms with Crippen LogP contribution in [0.2, 0.25) is 0 Å². The third kappa shape index (κ3) is 8.35. The van der Waals surface area contributed by atoms with Crippen molar-refractivity contribution in [3.05, 3.63) is 0 Å². The molecular formula is C5H10NNaO4S. The number of carbonyl (C=O) groups is 2. The number of carbonyl (C=O) groups excluding carboxylic acids is 2. The Bertz CT molecular complexity index is 154. The normalized spacial score (nSPS) is 7.50.